The average molecular weight is 299 g/mol. The fourth-order valence-corrected chi connectivity index (χ4v) is 1.63. The van der Waals surface area contributed by atoms with Crippen molar-refractivity contribution in [1.82, 2.24) is 0 Å². The van der Waals surface area contributed by atoms with E-state index < -0.39 is 0 Å². The Morgan fingerprint density at radius 2 is 2.25 bits per heavy atom. The first-order valence-electron chi connectivity index (χ1n) is 3.30. The first-order chi connectivity index (χ1) is 5.77. The molecule has 0 aromatic heterocycles. The number of halogens is 2. The van der Waals surface area contributed by atoms with Crippen LogP contribution in [0.5, 0.6) is 11.5 Å². The van der Waals surface area contributed by atoms with E-state index in [0.29, 0.717) is 0 Å². The van der Waals surface area contributed by atoms with Crippen LogP contribution in [0.1, 0.15) is 0 Å². The van der Waals surface area contributed by atoms with E-state index in [1.807, 2.05) is 18.2 Å². The highest BCUT2D eigenvalue weighted by atomic mass is 127. The second-order valence-corrected chi connectivity index (χ2v) is 3.43. The third-order valence-electron chi connectivity index (χ3n) is 1.34. The van der Waals surface area contributed by atoms with Gasteiger partial charge in [0.25, 0.3) is 0 Å². The van der Waals surface area contributed by atoms with Gasteiger partial charge >= 0.3 is 0 Å². The molecule has 0 bridgehead atoms. The number of ether oxygens (including phenoxy) is 2. The van der Waals surface area contributed by atoms with Crippen molar-refractivity contribution in [3.63, 3.8) is 0 Å². The maximum absolute atomic E-state index is 5.41. The lowest BCUT2D eigenvalue weighted by molar-refractivity contribution is 0.383. The molecule has 1 rings (SSSR count). The first-order valence-corrected chi connectivity index (χ1v) is 4.91. The molecule has 0 unspecified atom stereocenters. The first kappa shape index (κ1) is 9.92. The molecule has 0 aliphatic heterocycles. The molecule has 0 atom stereocenters. The Morgan fingerprint density at radius 1 is 1.50 bits per heavy atom. The summed E-state index contributed by atoms with van der Waals surface area (Å²) in [6.07, 6.45) is 0. The average Bonchev–Trinajstić information content (AvgIpc) is 2.05. The monoisotopic (exact) mass is 298 g/mol. The van der Waals surface area contributed by atoms with Crippen LogP contribution < -0.4 is 9.47 Å². The molecular weight excluding hydrogens is 290 g/mol. The number of hydrogen-bond acceptors (Lipinski definition) is 2. The van der Waals surface area contributed by atoms with Crippen molar-refractivity contribution in [2.24, 2.45) is 0 Å². The molecule has 0 saturated heterocycles. The highest BCUT2D eigenvalue weighted by molar-refractivity contribution is 14.1. The van der Waals surface area contributed by atoms with Crippen LogP contribution in [0.3, 0.4) is 0 Å². The summed E-state index contributed by atoms with van der Waals surface area (Å²) in [6, 6.07) is 5.72. The molecule has 0 radical (unpaired) electrons. The Bertz CT molecular complexity index is 265. The number of methoxy groups -OCH3 is 1. The summed E-state index contributed by atoms with van der Waals surface area (Å²) in [6.45, 7) is 0. The minimum Gasteiger partial charge on any atom is -0.496 e. The quantitative estimate of drug-likeness (QED) is 0.631. The molecule has 0 aliphatic carbocycles. The maximum Gasteiger partial charge on any atom is 0.162 e. The van der Waals surface area contributed by atoms with E-state index in [1.54, 1.807) is 7.11 Å². The van der Waals surface area contributed by atoms with Crippen LogP contribution in [0.2, 0.25) is 0 Å². The lowest BCUT2D eigenvalue weighted by Crippen LogP contribution is -1.91. The highest BCUT2D eigenvalue weighted by Gasteiger charge is 2.00. The molecule has 66 valence electrons. The number of rotatable bonds is 3. The lowest BCUT2D eigenvalue weighted by Gasteiger charge is -2.05. The second-order valence-electron chi connectivity index (χ2n) is 2.05. The molecule has 0 spiro atoms. The minimum atomic E-state index is 0.169. The van der Waals surface area contributed by atoms with Gasteiger partial charge in [-0.25, -0.2) is 0 Å². The molecule has 2 nitrogen and oxygen atoms in total. The summed E-state index contributed by atoms with van der Waals surface area (Å²) in [4.78, 5) is 0. The number of alkyl halides is 1. The predicted molar refractivity (Wildman–Crippen MR) is 57.1 cm³/mol. The van der Waals surface area contributed by atoms with Gasteiger partial charge in [-0.2, -0.15) is 0 Å². The van der Waals surface area contributed by atoms with Crippen molar-refractivity contribution in [3.05, 3.63) is 21.8 Å². The third kappa shape index (κ3) is 2.42. The molecule has 0 heterocycles. The van der Waals surface area contributed by atoms with Crippen LogP contribution in [0.15, 0.2) is 18.2 Å². The maximum atomic E-state index is 5.41. The largest absolute Gasteiger partial charge is 0.496 e. The van der Waals surface area contributed by atoms with Gasteiger partial charge in [-0.1, -0.05) is 11.6 Å². The van der Waals surface area contributed by atoms with Crippen molar-refractivity contribution < 1.29 is 9.47 Å². The van der Waals surface area contributed by atoms with E-state index in [2.05, 4.69) is 22.6 Å². The molecule has 0 N–H and O–H groups in total. The summed E-state index contributed by atoms with van der Waals surface area (Å²) in [7, 11) is 1.64. The third-order valence-corrected chi connectivity index (χ3v) is 2.30. The van der Waals surface area contributed by atoms with Crippen molar-refractivity contribution in [1.29, 1.82) is 0 Å². The van der Waals surface area contributed by atoms with Crippen LogP contribution in [-0.4, -0.2) is 13.2 Å². The molecule has 0 fully saturated rings. The number of benzene rings is 1. The van der Waals surface area contributed by atoms with Crippen LogP contribution in [0.4, 0.5) is 0 Å². The van der Waals surface area contributed by atoms with Crippen LogP contribution in [0.25, 0.3) is 0 Å². The van der Waals surface area contributed by atoms with Gasteiger partial charge in [-0.15, -0.1) is 0 Å². The van der Waals surface area contributed by atoms with Gasteiger partial charge in [0, 0.05) is 0 Å². The molecule has 1 aromatic rings. The Hall–Kier alpha value is -0.160. The van der Waals surface area contributed by atoms with E-state index >= 15 is 0 Å². The van der Waals surface area contributed by atoms with E-state index in [0.717, 1.165) is 15.1 Å². The van der Waals surface area contributed by atoms with Gasteiger partial charge in [0.2, 0.25) is 0 Å². The highest BCUT2D eigenvalue weighted by Crippen LogP contribution is 2.25. The van der Waals surface area contributed by atoms with Gasteiger partial charge in [-0.05, 0) is 40.8 Å². The van der Waals surface area contributed by atoms with Gasteiger partial charge in [0.15, 0.2) is 6.07 Å². The molecular formula is C8H8ClIO2. The summed E-state index contributed by atoms with van der Waals surface area (Å²) in [5, 5.41) is 0. The molecule has 0 aliphatic rings. The standard InChI is InChI=1S/C8H8ClIO2/c1-11-8-3-2-6(12-5-9)4-7(8)10/h2-4H,5H2,1H3. The fourth-order valence-electron chi connectivity index (χ4n) is 0.800. The number of hydrogen-bond donors (Lipinski definition) is 0. The topological polar surface area (TPSA) is 18.5 Å². The Labute approximate surface area is 90.0 Å². The zero-order chi connectivity index (χ0) is 8.97. The van der Waals surface area contributed by atoms with Crippen molar-refractivity contribution in [2.75, 3.05) is 13.2 Å². The van der Waals surface area contributed by atoms with Crippen molar-refractivity contribution in [2.45, 2.75) is 0 Å². The van der Waals surface area contributed by atoms with Crippen molar-refractivity contribution >= 4 is 34.2 Å². The van der Waals surface area contributed by atoms with Crippen molar-refractivity contribution in [3.8, 4) is 11.5 Å². The fraction of sp³-hybridized carbons (Fsp3) is 0.250. The van der Waals surface area contributed by atoms with Crippen LogP contribution in [0, 0.1) is 3.57 Å². The Kier molecular flexibility index (Phi) is 3.94. The summed E-state index contributed by atoms with van der Waals surface area (Å²) >= 11 is 7.58. The SMILES string of the molecule is COc1ccc(OCCl)cc1I. The molecule has 0 saturated carbocycles. The van der Waals surface area contributed by atoms with E-state index in [-0.39, 0.29) is 6.07 Å². The molecule has 1 aromatic carbocycles. The summed E-state index contributed by atoms with van der Waals surface area (Å²) in [5.74, 6) is 1.60. The zero-order valence-corrected chi connectivity index (χ0v) is 9.43. The van der Waals surface area contributed by atoms with Crippen LogP contribution >= 0.6 is 34.2 Å². The normalized spacial score (nSPS) is 9.58. The van der Waals surface area contributed by atoms with E-state index in [4.69, 9.17) is 21.1 Å². The van der Waals surface area contributed by atoms with Gasteiger partial charge < -0.3 is 9.47 Å². The molecule has 0 amide bonds. The van der Waals surface area contributed by atoms with Crippen LogP contribution in [-0.2, 0) is 0 Å². The van der Waals surface area contributed by atoms with E-state index in [1.165, 1.54) is 0 Å². The predicted octanol–water partition coefficient (Wildman–Crippen LogP) is 2.87. The van der Waals surface area contributed by atoms with E-state index in [9.17, 15) is 0 Å². The minimum absolute atomic E-state index is 0.169. The second kappa shape index (κ2) is 4.77. The van der Waals surface area contributed by atoms with Gasteiger partial charge in [-0.3, -0.25) is 0 Å². The van der Waals surface area contributed by atoms with Gasteiger partial charge in [0.05, 0.1) is 10.7 Å². The summed E-state index contributed by atoms with van der Waals surface area (Å²) in [5.41, 5.74) is 0. The summed E-state index contributed by atoms with van der Waals surface area (Å²) < 4.78 is 11.2. The van der Waals surface area contributed by atoms with Gasteiger partial charge in [0.1, 0.15) is 11.5 Å². The zero-order valence-electron chi connectivity index (χ0n) is 6.51. The lowest BCUT2D eigenvalue weighted by atomic mass is 10.3. The smallest absolute Gasteiger partial charge is 0.162 e. The molecule has 12 heavy (non-hydrogen) atoms. The molecule has 4 heteroatoms. The Balaban J connectivity index is 2.86. The Morgan fingerprint density at radius 3 is 2.75 bits per heavy atom.